The van der Waals surface area contributed by atoms with Gasteiger partial charge in [0.15, 0.2) is 23.1 Å². The Balaban J connectivity index is 1.52. The van der Waals surface area contributed by atoms with E-state index in [1.807, 2.05) is 35.3 Å². The Kier molecular flexibility index (Phi) is 6.60. The highest BCUT2D eigenvalue weighted by Gasteiger charge is 2.46. The number of carbonyl (C=O) groups is 1. The molecule has 2 aliphatic heterocycles. The number of ether oxygens (including phenoxy) is 2. The molecule has 3 aliphatic rings. The van der Waals surface area contributed by atoms with Crippen molar-refractivity contribution >= 4 is 17.2 Å². The van der Waals surface area contributed by atoms with E-state index in [1.54, 1.807) is 29.4 Å². The van der Waals surface area contributed by atoms with Crippen molar-refractivity contribution in [1.82, 2.24) is 9.58 Å². The maximum atomic E-state index is 16.0. The molecule has 1 amide bonds. The molecule has 216 valence electrons. The molecule has 1 fully saturated rings. The maximum absolute atomic E-state index is 16.0. The molecule has 0 radical (unpaired) electrons. The standard InChI is InChI=1S/C31H27F2N3O5S/c1-40-13-4-5-17-15-21-25-20(8-9-22(32)26(25)33)27(18-6-2-3-7-19(18)30(21)42-17)36-24-16-41-14-12-34(24)31(39)28-29(38)23(37)10-11-35(28)36/h2-3,6-11,15,24,27,38H,4-5,12-14,16H2,1H3/t24-,27-/m1/s1. The van der Waals surface area contributed by atoms with Crippen molar-refractivity contribution in [2.75, 3.05) is 38.5 Å². The second-order valence-corrected chi connectivity index (χ2v) is 11.7. The first kappa shape index (κ1) is 26.8. The maximum Gasteiger partial charge on any atom is 0.278 e. The lowest BCUT2D eigenvalue weighted by atomic mass is 9.91. The summed E-state index contributed by atoms with van der Waals surface area (Å²) >= 11 is 1.54. The third kappa shape index (κ3) is 3.98. The molecule has 8 nitrogen and oxygen atoms in total. The van der Waals surface area contributed by atoms with Crippen molar-refractivity contribution in [1.29, 1.82) is 0 Å². The van der Waals surface area contributed by atoms with Crippen LogP contribution in [0.5, 0.6) is 5.75 Å². The predicted octanol–water partition coefficient (Wildman–Crippen LogP) is 4.66. The van der Waals surface area contributed by atoms with E-state index in [4.69, 9.17) is 9.47 Å². The van der Waals surface area contributed by atoms with E-state index >= 15 is 4.39 Å². The van der Waals surface area contributed by atoms with E-state index in [9.17, 15) is 19.1 Å². The highest BCUT2D eigenvalue weighted by Crippen LogP contribution is 2.52. The number of aromatic nitrogens is 1. The van der Waals surface area contributed by atoms with Gasteiger partial charge in [-0.2, -0.15) is 0 Å². The summed E-state index contributed by atoms with van der Waals surface area (Å²) in [7, 11) is 1.65. The minimum atomic E-state index is -0.963. The minimum Gasteiger partial charge on any atom is -0.502 e. The van der Waals surface area contributed by atoms with Crippen molar-refractivity contribution in [3.05, 3.63) is 98.3 Å². The molecule has 2 aromatic carbocycles. The number of nitrogens with zero attached hydrogens (tertiary/aromatic N) is 3. The third-order valence-electron chi connectivity index (χ3n) is 8.19. The molecular formula is C31H27F2N3O5S. The molecule has 0 unspecified atom stereocenters. The van der Waals surface area contributed by atoms with Crippen molar-refractivity contribution in [2.24, 2.45) is 0 Å². The number of aromatic hydroxyl groups is 1. The quantitative estimate of drug-likeness (QED) is 0.340. The molecule has 4 aromatic rings. The summed E-state index contributed by atoms with van der Waals surface area (Å²) in [5.74, 6) is -3.08. The number of halogens is 2. The smallest absolute Gasteiger partial charge is 0.278 e. The van der Waals surface area contributed by atoms with Gasteiger partial charge >= 0.3 is 0 Å². The van der Waals surface area contributed by atoms with Gasteiger partial charge in [0.05, 0.1) is 19.3 Å². The van der Waals surface area contributed by atoms with E-state index in [-0.39, 0.29) is 31.0 Å². The van der Waals surface area contributed by atoms with E-state index in [1.165, 1.54) is 16.9 Å². The fourth-order valence-corrected chi connectivity index (χ4v) is 7.59. The number of methoxy groups -OCH3 is 1. The molecule has 7 rings (SSSR count). The van der Waals surface area contributed by atoms with Crippen LogP contribution in [0.15, 0.2) is 59.5 Å². The second kappa shape index (κ2) is 10.3. The molecule has 1 saturated heterocycles. The topological polar surface area (TPSA) is 84.2 Å². The molecule has 0 saturated carbocycles. The number of pyridine rings is 1. The van der Waals surface area contributed by atoms with Gasteiger partial charge in [-0.25, -0.2) is 8.78 Å². The highest BCUT2D eigenvalue weighted by atomic mass is 32.1. The number of rotatable bonds is 5. The van der Waals surface area contributed by atoms with E-state index < -0.39 is 40.9 Å². The molecule has 11 heteroatoms. The average molecular weight is 592 g/mol. The number of benzene rings is 2. The molecule has 0 spiro atoms. The number of morpholine rings is 1. The van der Waals surface area contributed by atoms with E-state index in [0.29, 0.717) is 17.7 Å². The van der Waals surface area contributed by atoms with Crippen LogP contribution in [0, 0.1) is 11.6 Å². The molecule has 2 aromatic heterocycles. The van der Waals surface area contributed by atoms with Crippen molar-refractivity contribution in [3.8, 4) is 27.3 Å². The molecule has 1 aliphatic carbocycles. The summed E-state index contributed by atoms with van der Waals surface area (Å²) < 4.78 is 43.6. The van der Waals surface area contributed by atoms with Crippen LogP contribution in [0.4, 0.5) is 8.78 Å². The van der Waals surface area contributed by atoms with Gasteiger partial charge in [0.25, 0.3) is 5.91 Å². The van der Waals surface area contributed by atoms with Gasteiger partial charge in [-0.05, 0) is 41.7 Å². The predicted molar refractivity (Wildman–Crippen MR) is 153 cm³/mol. The second-order valence-electron chi connectivity index (χ2n) is 10.5. The zero-order chi connectivity index (χ0) is 29.1. The number of hydrogen-bond acceptors (Lipinski definition) is 7. The van der Waals surface area contributed by atoms with Gasteiger partial charge in [0.2, 0.25) is 5.43 Å². The van der Waals surface area contributed by atoms with Crippen molar-refractivity contribution in [2.45, 2.75) is 25.0 Å². The summed E-state index contributed by atoms with van der Waals surface area (Å²) in [6.07, 6.45) is 2.31. The molecular weight excluding hydrogens is 564 g/mol. The lowest BCUT2D eigenvalue weighted by molar-refractivity contribution is -0.0196. The van der Waals surface area contributed by atoms with E-state index in [2.05, 4.69) is 0 Å². The Morgan fingerprint density at radius 3 is 2.76 bits per heavy atom. The Morgan fingerprint density at radius 1 is 1.10 bits per heavy atom. The van der Waals surface area contributed by atoms with Crippen LogP contribution in [0.3, 0.4) is 0 Å². The molecule has 0 bridgehead atoms. The molecule has 4 heterocycles. The van der Waals surface area contributed by atoms with Crippen LogP contribution in [0.1, 0.15) is 39.0 Å². The fraction of sp³-hybridized carbons (Fsp3) is 0.290. The monoisotopic (exact) mass is 591 g/mol. The lowest BCUT2D eigenvalue weighted by Gasteiger charge is -2.51. The van der Waals surface area contributed by atoms with Crippen LogP contribution < -0.4 is 10.4 Å². The SMILES string of the molecule is COCCCc1cc2c(s1)-c1ccccc1[C@@H](N1[C@@H]3COCCN3C(=O)c3c(O)c(=O)ccn31)c1ccc(F)c(F)c1-2. The van der Waals surface area contributed by atoms with Gasteiger partial charge in [0, 0.05) is 53.4 Å². The van der Waals surface area contributed by atoms with Gasteiger partial charge in [0.1, 0.15) is 6.17 Å². The molecule has 42 heavy (non-hydrogen) atoms. The minimum absolute atomic E-state index is 0.140. The summed E-state index contributed by atoms with van der Waals surface area (Å²) in [6.45, 7) is 1.25. The third-order valence-corrected chi connectivity index (χ3v) is 9.41. The van der Waals surface area contributed by atoms with Gasteiger partial charge in [-0.1, -0.05) is 30.3 Å². The van der Waals surface area contributed by atoms with Crippen LogP contribution in [0.2, 0.25) is 0 Å². The average Bonchev–Trinajstić information content (AvgIpc) is 3.37. The zero-order valence-corrected chi connectivity index (χ0v) is 23.5. The van der Waals surface area contributed by atoms with Crippen LogP contribution >= 0.6 is 11.3 Å². The Bertz CT molecular complexity index is 1790. The number of hydrogen-bond donors (Lipinski definition) is 1. The van der Waals surface area contributed by atoms with Crippen molar-refractivity contribution < 1.29 is 28.2 Å². The Hall–Kier alpha value is -4.06. The molecule has 1 N–H and O–H groups in total. The Morgan fingerprint density at radius 2 is 1.93 bits per heavy atom. The number of aryl methyl sites for hydroxylation is 1. The van der Waals surface area contributed by atoms with Gasteiger partial charge < -0.3 is 19.5 Å². The van der Waals surface area contributed by atoms with Gasteiger partial charge in [-0.15, -0.1) is 11.3 Å². The van der Waals surface area contributed by atoms with Crippen LogP contribution in [0.25, 0.3) is 21.6 Å². The van der Waals surface area contributed by atoms with Crippen molar-refractivity contribution in [3.63, 3.8) is 0 Å². The highest BCUT2D eigenvalue weighted by molar-refractivity contribution is 7.16. The zero-order valence-electron chi connectivity index (χ0n) is 22.7. The largest absolute Gasteiger partial charge is 0.502 e. The summed E-state index contributed by atoms with van der Waals surface area (Å²) in [5.41, 5.74) is 2.03. The first-order valence-electron chi connectivity index (χ1n) is 13.7. The Labute approximate surface area is 243 Å². The number of fused-ring (bicyclic) bond motifs is 7. The first-order chi connectivity index (χ1) is 20.4. The summed E-state index contributed by atoms with van der Waals surface area (Å²) in [4.78, 5) is 29.5. The normalized spacial score (nSPS) is 19.0. The number of amides is 1. The van der Waals surface area contributed by atoms with E-state index in [0.717, 1.165) is 39.8 Å². The lowest BCUT2D eigenvalue weighted by Crippen LogP contribution is -2.66. The van der Waals surface area contributed by atoms with Crippen LogP contribution in [-0.2, 0) is 15.9 Å². The van der Waals surface area contributed by atoms with Gasteiger partial charge in [-0.3, -0.25) is 19.3 Å². The summed E-state index contributed by atoms with van der Waals surface area (Å²) in [6, 6.07) is 12.8. The fourth-order valence-electron chi connectivity index (χ4n) is 6.34. The molecule has 2 atom stereocenters. The number of carbonyl (C=O) groups excluding carboxylic acids is 1. The first-order valence-corrected chi connectivity index (χ1v) is 14.5. The van der Waals surface area contributed by atoms with Crippen LogP contribution in [-0.4, -0.2) is 60.2 Å². The number of thiophene rings is 1. The summed E-state index contributed by atoms with van der Waals surface area (Å²) in [5, 5.41) is 12.7.